The lowest BCUT2D eigenvalue weighted by atomic mass is 9.44. The molecule has 4 rings (SSSR count). The van der Waals surface area contributed by atoms with Gasteiger partial charge in [-0.2, -0.15) is 0 Å². The standard InChI is InChI=1S/C37H64O4Si/c1-27(38)41-37(7)23-20-32-33-28(17-15-13-11-10-12-14-16-24-40-42(8,9)34(2,3)4)25-29-26-30(39)18-21-35(29,5)31(33)19-22-36(32,37)6/h26,28,31-33H,10-25H2,1-9H3/t28-,31?,32?,33?,35-,36-,37-/m0/s1. The van der Waals surface area contributed by atoms with Gasteiger partial charge in [0.1, 0.15) is 5.60 Å². The van der Waals surface area contributed by atoms with E-state index >= 15 is 0 Å². The molecule has 0 N–H and O–H groups in total. The van der Waals surface area contributed by atoms with Crippen molar-refractivity contribution in [2.75, 3.05) is 6.61 Å². The molecule has 0 aromatic rings. The Hall–Kier alpha value is -0.943. The molecule has 0 bridgehead atoms. The van der Waals surface area contributed by atoms with Crippen LogP contribution in [0.25, 0.3) is 0 Å². The number of rotatable bonds is 12. The van der Waals surface area contributed by atoms with Crippen LogP contribution in [0.1, 0.15) is 145 Å². The molecule has 3 unspecified atom stereocenters. The third-order valence-corrected chi connectivity index (χ3v) is 18.1. The molecule has 7 atom stereocenters. The zero-order valence-corrected chi connectivity index (χ0v) is 29.8. The number of hydrogen-bond donors (Lipinski definition) is 0. The molecule has 0 amide bonds. The van der Waals surface area contributed by atoms with E-state index in [9.17, 15) is 9.59 Å². The summed E-state index contributed by atoms with van der Waals surface area (Å²) >= 11 is 0. The molecule has 4 aliphatic rings. The summed E-state index contributed by atoms with van der Waals surface area (Å²) in [5, 5.41) is 0.295. The molecule has 0 radical (unpaired) electrons. The first-order chi connectivity index (χ1) is 19.5. The number of allylic oxidation sites excluding steroid dienone is 1. The molecule has 3 saturated carbocycles. The van der Waals surface area contributed by atoms with Crippen molar-refractivity contribution in [3.63, 3.8) is 0 Å². The van der Waals surface area contributed by atoms with Gasteiger partial charge in [0.2, 0.25) is 0 Å². The van der Waals surface area contributed by atoms with Crippen molar-refractivity contribution in [3.05, 3.63) is 11.6 Å². The van der Waals surface area contributed by atoms with Gasteiger partial charge < -0.3 is 9.16 Å². The Kier molecular flexibility index (Phi) is 10.4. The zero-order chi connectivity index (χ0) is 31.0. The lowest BCUT2D eigenvalue weighted by Crippen LogP contribution is -2.57. The van der Waals surface area contributed by atoms with E-state index in [0.29, 0.717) is 40.9 Å². The molecule has 42 heavy (non-hydrogen) atoms. The summed E-state index contributed by atoms with van der Waals surface area (Å²) in [6, 6.07) is 0. The van der Waals surface area contributed by atoms with E-state index in [1.165, 1.54) is 69.8 Å². The highest BCUT2D eigenvalue weighted by atomic mass is 28.4. The van der Waals surface area contributed by atoms with Gasteiger partial charge in [0, 0.05) is 25.4 Å². The van der Waals surface area contributed by atoms with Crippen molar-refractivity contribution in [2.45, 2.75) is 169 Å². The fraction of sp³-hybridized carbons (Fsp3) is 0.892. The Morgan fingerprint density at radius 2 is 1.55 bits per heavy atom. The summed E-state index contributed by atoms with van der Waals surface area (Å²) in [6.45, 7) is 21.3. The van der Waals surface area contributed by atoms with Crippen LogP contribution >= 0.6 is 0 Å². The predicted molar refractivity (Wildman–Crippen MR) is 176 cm³/mol. The van der Waals surface area contributed by atoms with Crippen LogP contribution in [0, 0.1) is 34.5 Å². The summed E-state index contributed by atoms with van der Waals surface area (Å²) in [5.41, 5.74) is 1.34. The average Bonchev–Trinajstić information content (AvgIpc) is 3.14. The summed E-state index contributed by atoms with van der Waals surface area (Å²) in [6.07, 6.45) is 19.7. The first kappa shape index (κ1) is 33.9. The average molecular weight is 601 g/mol. The minimum atomic E-state index is -1.61. The highest BCUT2D eigenvalue weighted by Crippen LogP contribution is 2.69. The van der Waals surface area contributed by atoms with Crippen LogP contribution in [-0.2, 0) is 18.8 Å². The van der Waals surface area contributed by atoms with Crippen LogP contribution in [0.3, 0.4) is 0 Å². The molecular weight excluding hydrogens is 536 g/mol. The van der Waals surface area contributed by atoms with Gasteiger partial charge >= 0.3 is 5.97 Å². The third-order valence-electron chi connectivity index (χ3n) is 13.5. The first-order valence-corrected chi connectivity index (χ1v) is 20.5. The van der Waals surface area contributed by atoms with Crippen LogP contribution in [0.15, 0.2) is 11.6 Å². The number of ether oxygens (including phenoxy) is 1. The second-order valence-electron chi connectivity index (χ2n) is 17.0. The van der Waals surface area contributed by atoms with Crippen molar-refractivity contribution in [3.8, 4) is 0 Å². The minimum Gasteiger partial charge on any atom is -0.459 e. The summed E-state index contributed by atoms with van der Waals surface area (Å²) in [7, 11) is -1.61. The van der Waals surface area contributed by atoms with Gasteiger partial charge in [0.15, 0.2) is 14.1 Å². The summed E-state index contributed by atoms with van der Waals surface area (Å²) in [5.74, 6) is 2.80. The van der Waals surface area contributed by atoms with E-state index in [1.807, 2.05) is 0 Å². The van der Waals surface area contributed by atoms with Crippen LogP contribution in [-0.4, -0.2) is 32.3 Å². The highest BCUT2D eigenvalue weighted by molar-refractivity contribution is 6.74. The Morgan fingerprint density at radius 1 is 0.929 bits per heavy atom. The van der Waals surface area contributed by atoms with Crippen LogP contribution in [0.2, 0.25) is 18.1 Å². The van der Waals surface area contributed by atoms with Crippen LogP contribution in [0.5, 0.6) is 0 Å². The van der Waals surface area contributed by atoms with Crippen LogP contribution in [0.4, 0.5) is 0 Å². The SMILES string of the molecule is CC(=O)O[C@@]1(C)CCC2C3C(CC[C@@]21C)[C@@]1(C)CCC(=O)C=C1C[C@@H]3CCCCCCCCCO[Si](C)(C)C(C)(C)C. The van der Waals surface area contributed by atoms with Crippen LogP contribution < -0.4 is 0 Å². The lowest BCUT2D eigenvalue weighted by molar-refractivity contribution is -0.180. The normalized spacial score (nSPS) is 36.6. The van der Waals surface area contributed by atoms with Gasteiger partial charge in [-0.3, -0.25) is 9.59 Å². The fourth-order valence-electron chi connectivity index (χ4n) is 9.65. The Morgan fingerprint density at radius 3 is 2.19 bits per heavy atom. The smallest absolute Gasteiger partial charge is 0.303 e. The molecule has 5 heteroatoms. The number of hydrogen-bond acceptors (Lipinski definition) is 4. The minimum absolute atomic E-state index is 0.0500. The van der Waals surface area contributed by atoms with E-state index in [0.717, 1.165) is 32.3 Å². The molecule has 4 nitrogen and oxygen atoms in total. The lowest BCUT2D eigenvalue weighted by Gasteiger charge is -2.61. The van der Waals surface area contributed by atoms with E-state index in [2.05, 4.69) is 60.7 Å². The second kappa shape index (κ2) is 12.8. The highest BCUT2D eigenvalue weighted by Gasteiger charge is 2.65. The maximum Gasteiger partial charge on any atom is 0.303 e. The summed E-state index contributed by atoms with van der Waals surface area (Å²) in [4.78, 5) is 24.7. The van der Waals surface area contributed by atoms with E-state index in [1.54, 1.807) is 6.92 Å². The number of ketones is 1. The van der Waals surface area contributed by atoms with Gasteiger partial charge in [-0.15, -0.1) is 0 Å². The molecule has 4 aliphatic carbocycles. The zero-order valence-electron chi connectivity index (χ0n) is 28.8. The Labute approximate surface area is 259 Å². The first-order valence-electron chi connectivity index (χ1n) is 17.6. The maximum atomic E-state index is 12.5. The molecule has 0 heterocycles. The largest absolute Gasteiger partial charge is 0.459 e. The maximum absolute atomic E-state index is 12.5. The molecule has 0 aliphatic heterocycles. The Bertz CT molecular complexity index is 1010. The number of unbranched alkanes of at least 4 members (excludes halogenated alkanes) is 6. The monoisotopic (exact) mass is 600 g/mol. The van der Waals surface area contributed by atoms with Crippen molar-refractivity contribution >= 4 is 20.1 Å². The van der Waals surface area contributed by atoms with E-state index in [-0.39, 0.29) is 22.4 Å². The topological polar surface area (TPSA) is 52.6 Å². The van der Waals surface area contributed by atoms with Gasteiger partial charge in [-0.25, -0.2) is 0 Å². The Balaban J connectivity index is 1.32. The number of carbonyl (C=O) groups is 2. The molecule has 3 fully saturated rings. The van der Waals surface area contributed by atoms with Crippen molar-refractivity contribution < 1.29 is 18.8 Å². The second-order valence-corrected chi connectivity index (χ2v) is 21.8. The number of carbonyl (C=O) groups excluding carboxylic acids is 2. The van der Waals surface area contributed by atoms with Gasteiger partial charge in [-0.05, 0) is 112 Å². The quantitative estimate of drug-likeness (QED) is 0.127. The van der Waals surface area contributed by atoms with Crippen molar-refractivity contribution in [2.24, 2.45) is 34.5 Å². The molecule has 0 spiro atoms. The molecule has 240 valence electrons. The number of esters is 1. The van der Waals surface area contributed by atoms with Gasteiger partial charge in [0.05, 0.1) is 0 Å². The van der Waals surface area contributed by atoms with Gasteiger partial charge in [-0.1, -0.05) is 78.7 Å². The number of fused-ring (bicyclic) bond motifs is 5. The summed E-state index contributed by atoms with van der Waals surface area (Å²) < 4.78 is 12.5. The molecule has 0 aromatic carbocycles. The predicted octanol–water partition coefficient (Wildman–Crippen LogP) is 10.2. The fourth-order valence-corrected chi connectivity index (χ4v) is 10.7. The third kappa shape index (κ3) is 6.68. The van der Waals surface area contributed by atoms with E-state index in [4.69, 9.17) is 9.16 Å². The van der Waals surface area contributed by atoms with Crippen molar-refractivity contribution in [1.82, 2.24) is 0 Å². The molecular formula is C37H64O4Si. The van der Waals surface area contributed by atoms with Crippen molar-refractivity contribution in [1.29, 1.82) is 0 Å². The molecule has 0 saturated heterocycles. The molecule has 0 aromatic heterocycles. The van der Waals surface area contributed by atoms with E-state index < -0.39 is 8.32 Å². The van der Waals surface area contributed by atoms with Gasteiger partial charge in [0.25, 0.3) is 0 Å².